The van der Waals surface area contributed by atoms with Gasteiger partial charge in [-0.2, -0.15) is 0 Å². The van der Waals surface area contributed by atoms with Crippen molar-refractivity contribution in [3.8, 4) is 17.1 Å². The van der Waals surface area contributed by atoms with E-state index in [1.54, 1.807) is 23.8 Å². The molecule has 0 spiro atoms. The highest BCUT2D eigenvalue weighted by molar-refractivity contribution is 7.89. The van der Waals surface area contributed by atoms with Gasteiger partial charge < -0.3 is 4.74 Å². The normalized spacial score (nSPS) is 14.1. The fourth-order valence-electron chi connectivity index (χ4n) is 3.19. The lowest BCUT2D eigenvalue weighted by atomic mass is 10.2. The Bertz CT molecular complexity index is 1210. The maximum Gasteiger partial charge on any atom is 0.346 e. The number of ether oxygens (including phenoxy) is 1. The predicted molar refractivity (Wildman–Crippen MR) is 113 cm³/mol. The molecule has 1 heterocycles. The molecule has 4 rings (SSSR count). The molecule has 2 aromatic carbocycles. The second-order valence-electron chi connectivity index (χ2n) is 6.99. The molecule has 10 heteroatoms. The smallest absolute Gasteiger partial charge is 0.346 e. The molecule has 0 radical (unpaired) electrons. The molecule has 8 nitrogen and oxygen atoms in total. The lowest BCUT2D eigenvalue weighted by molar-refractivity contribution is 0.415. The first kappa shape index (κ1) is 20.6. The van der Waals surface area contributed by atoms with Crippen molar-refractivity contribution in [2.45, 2.75) is 30.3 Å². The number of halogens is 1. The lowest BCUT2D eigenvalue weighted by Crippen LogP contribution is -2.32. The van der Waals surface area contributed by atoms with Gasteiger partial charge in [-0.3, -0.25) is 4.57 Å². The molecule has 0 amide bonds. The Kier molecular flexibility index (Phi) is 5.68. The Labute approximate surface area is 179 Å². The molecule has 0 aliphatic heterocycles. The van der Waals surface area contributed by atoms with Crippen molar-refractivity contribution in [1.82, 2.24) is 19.1 Å². The molecule has 3 aromatic rings. The van der Waals surface area contributed by atoms with Crippen LogP contribution in [0.25, 0.3) is 11.4 Å². The van der Waals surface area contributed by atoms with Crippen molar-refractivity contribution in [2.75, 3.05) is 13.7 Å². The summed E-state index contributed by atoms with van der Waals surface area (Å²) in [7, 11) is -2.20. The van der Waals surface area contributed by atoms with Crippen LogP contribution in [0.4, 0.5) is 0 Å². The van der Waals surface area contributed by atoms with Gasteiger partial charge >= 0.3 is 5.69 Å². The Balaban J connectivity index is 1.55. The van der Waals surface area contributed by atoms with E-state index in [2.05, 4.69) is 9.82 Å². The topological polar surface area (TPSA) is 95.2 Å². The van der Waals surface area contributed by atoms with Crippen LogP contribution < -0.4 is 15.1 Å². The average Bonchev–Trinajstić information content (AvgIpc) is 3.52. The van der Waals surface area contributed by atoms with Crippen molar-refractivity contribution < 1.29 is 13.2 Å². The van der Waals surface area contributed by atoms with E-state index in [9.17, 15) is 13.2 Å². The number of benzene rings is 2. The van der Waals surface area contributed by atoms with Crippen molar-refractivity contribution >= 4 is 21.6 Å². The van der Waals surface area contributed by atoms with Gasteiger partial charge in [0.1, 0.15) is 10.6 Å². The van der Waals surface area contributed by atoms with E-state index < -0.39 is 10.0 Å². The summed E-state index contributed by atoms with van der Waals surface area (Å²) in [5, 5.41) is 4.61. The Morgan fingerprint density at radius 2 is 1.87 bits per heavy atom. The van der Waals surface area contributed by atoms with Crippen LogP contribution >= 0.6 is 11.6 Å². The molecule has 1 aromatic heterocycles. The van der Waals surface area contributed by atoms with Crippen molar-refractivity contribution in [3.05, 3.63) is 64.0 Å². The van der Waals surface area contributed by atoms with Crippen LogP contribution in [0.15, 0.2) is 58.2 Å². The third kappa shape index (κ3) is 4.14. The molecule has 1 aliphatic rings. The number of nitrogens with one attached hydrogen (secondary N) is 1. The van der Waals surface area contributed by atoms with Gasteiger partial charge in [0, 0.05) is 18.2 Å². The highest BCUT2D eigenvalue weighted by atomic mass is 35.5. The summed E-state index contributed by atoms with van der Waals surface area (Å²) in [6.07, 6.45) is 1.85. The van der Waals surface area contributed by atoms with Crippen LogP contribution in [-0.2, 0) is 16.6 Å². The van der Waals surface area contributed by atoms with Gasteiger partial charge in [0.05, 0.1) is 18.7 Å². The third-order valence-corrected chi connectivity index (χ3v) is 6.83. The highest BCUT2D eigenvalue weighted by Gasteiger charge is 2.30. The van der Waals surface area contributed by atoms with Gasteiger partial charge in [-0.05, 0) is 49.2 Å². The summed E-state index contributed by atoms with van der Waals surface area (Å²) < 4.78 is 35.6. The van der Waals surface area contributed by atoms with Crippen LogP contribution in [0, 0.1) is 0 Å². The molecule has 0 unspecified atom stereocenters. The summed E-state index contributed by atoms with van der Waals surface area (Å²) in [5.41, 5.74) is 0.551. The third-order valence-electron chi connectivity index (χ3n) is 4.87. The number of aromatic nitrogens is 3. The van der Waals surface area contributed by atoms with E-state index in [4.69, 9.17) is 16.3 Å². The SMILES string of the molecule is COc1ccc(-c2nn(CCNS(=O)(=O)c3ccccc3Cl)c(=O)n2C2CC2)cc1. The Morgan fingerprint density at radius 1 is 1.17 bits per heavy atom. The van der Waals surface area contributed by atoms with E-state index in [1.165, 1.54) is 16.8 Å². The number of rotatable bonds is 8. The average molecular weight is 449 g/mol. The minimum Gasteiger partial charge on any atom is -0.497 e. The van der Waals surface area contributed by atoms with E-state index in [0.29, 0.717) is 11.6 Å². The minimum absolute atomic E-state index is 0.00134. The fraction of sp³-hybridized carbons (Fsp3) is 0.300. The van der Waals surface area contributed by atoms with Crippen molar-refractivity contribution in [3.63, 3.8) is 0 Å². The molecule has 0 saturated heterocycles. The van der Waals surface area contributed by atoms with Crippen LogP contribution in [0.2, 0.25) is 5.02 Å². The van der Waals surface area contributed by atoms with Gasteiger partial charge in [0.15, 0.2) is 5.82 Å². The van der Waals surface area contributed by atoms with Crippen LogP contribution in [-0.4, -0.2) is 36.4 Å². The van der Waals surface area contributed by atoms with Gasteiger partial charge in [0.2, 0.25) is 10.0 Å². The maximum atomic E-state index is 12.9. The highest BCUT2D eigenvalue weighted by Crippen LogP contribution is 2.36. The first-order chi connectivity index (χ1) is 14.4. The van der Waals surface area contributed by atoms with Crippen LogP contribution in [0.5, 0.6) is 5.75 Å². The summed E-state index contributed by atoms with van der Waals surface area (Å²) in [6, 6.07) is 13.7. The van der Waals surface area contributed by atoms with Crippen molar-refractivity contribution in [2.24, 2.45) is 0 Å². The standard InChI is InChI=1S/C20H21ClN4O4S/c1-29-16-10-6-14(7-11-16)19-23-24(20(26)25(19)15-8-9-15)13-12-22-30(27,28)18-5-3-2-4-17(18)21/h2-7,10-11,15,22H,8-9,12-13H2,1H3. The second kappa shape index (κ2) is 8.25. The minimum atomic E-state index is -3.79. The molecule has 1 fully saturated rings. The van der Waals surface area contributed by atoms with E-state index >= 15 is 0 Å². The number of methoxy groups -OCH3 is 1. The van der Waals surface area contributed by atoms with Crippen LogP contribution in [0.1, 0.15) is 18.9 Å². The summed E-state index contributed by atoms with van der Waals surface area (Å²) in [6.45, 7) is 0.114. The number of hydrogen-bond donors (Lipinski definition) is 1. The predicted octanol–water partition coefficient (Wildman–Crippen LogP) is 2.69. The Morgan fingerprint density at radius 3 is 2.50 bits per heavy atom. The molecular formula is C20H21ClN4O4S. The van der Waals surface area contributed by atoms with Crippen molar-refractivity contribution in [1.29, 1.82) is 0 Å². The van der Waals surface area contributed by atoms with E-state index in [1.807, 2.05) is 24.3 Å². The second-order valence-corrected chi connectivity index (χ2v) is 9.13. The zero-order valence-electron chi connectivity index (χ0n) is 16.3. The number of nitrogens with zero attached hydrogens (tertiary/aromatic N) is 3. The monoisotopic (exact) mass is 448 g/mol. The molecule has 158 valence electrons. The van der Waals surface area contributed by atoms with Gasteiger partial charge in [0.25, 0.3) is 0 Å². The van der Waals surface area contributed by atoms with Gasteiger partial charge in [-0.1, -0.05) is 23.7 Å². The zero-order chi connectivity index (χ0) is 21.3. The fourth-order valence-corrected chi connectivity index (χ4v) is 4.73. The first-order valence-corrected chi connectivity index (χ1v) is 11.3. The zero-order valence-corrected chi connectivity index (χ0v) is 17.9. The maximum absolute atomic E-state index is 12.9. The van der Waals surface area contributed by atoms with Gasteiger partial charge in [-0.25, -0.2) is 22.6 Å². The number of hydrogen-bond acceptors (Lipinski definition) is 5. The number of sulfonamides is 1. The molecule has 0 atom stereocenters. The molecule has 1 aliphatic carbocycles. The van der Waals surface area contributed by atoms with Crippen LogP contribution in [0.3, 0.4) is 0 Å². The molecule has 0 bridgehead atoms. The molecular weight excluding hydrogens is 428 g/mol. The summed E-state index contributed by atoms with van der Waals surface area (Å²) in [5.74, 6) is 1.28. The van der Waals surface area contributed by atoms with E-state index in [-0.39, 0.29) is 34.7 Å². The van der Waals surface area contributed by atoms with Gasteiger partial charge in [-0.15, -0.1) is 5.10 Å². The Hall–Kier alpha value is -2.62. The first-order valence-electron chi connectivity index (χ1n) is 9.48. The van der Waals surface area contributed by atoms with E-state index in [0.717, 1.165) is 18.4 Å². The summed E-state index contributed by atoms with van der Waals surface area (Å²) in [4.78, 5) is 12.9. The molecule has 1 N–H and O–H groups in total. The lowest BCUT2D eigenvalue weighted by Gasteiger charge is -2.07. The molecule has 30 heavy (non-hydrogen) atoms. The quantitative estimate of drug-likeness (QED) is 0.571. The largest absolute Gasteiger partial charge is 0.497 e. The molecule has 1 saturated carbocycles. The summed E-state index contributed by atoms with van der Waals surface area (Å²) >= 11 is 5.99.